The summed E-state index contributed by atoms with van der Waals surface area (Å²) in [5.74, 6) is -1.30. The fourth-order valence-electron chi connectivity index (χ4n) is 1.41. The maximum absolute atomic E-state index is 11.9. The van der Waals surface area contributed by atoms with Crippen LogP contribution in [0.15, 0.2) is 30.3 Å². The Morgan fingerprint density at radius 2 is 1.84 bits per heavy atom. The fourth-order valence-corrected chi connectivity index (χ4v) is 1.41. The summed E-state index contributed by atoms with van der Waals surface area (Å²) in [6.07, 6.45) is 0. The molecule has 0 aliphatic heterocycles. The number of hydrogen-bond acceptors (Lipinski definition) is 4. The molecule has 2 N–H and O–H groups in total. The van der Waals surface area contributed by atoms with E-state index in [0.717, 1.165) is 0 Å². The smallest absolute Gasteiger partial charge is 0.330 e. The lowest BCUT2D eigenvalue weighted by Crippen LogP contribution is -2.48. The number of benzene rings is 1. The third-order valence-corrected chi connectivity index (χ3v) is 2.38. The Hall–Kier alpha value is -2.37. The number of ether oxygens (including phenoxy) is 1. The largest absolute Gasteiger partial charge is 0.467 e. The number of amides is 2. The Bertz CT molecular complexity index is 459. The Morgan fingerprint density at radius 3 is 2.37 bits per heavy atom. The maximum Gasteiger partial charge on any atom is 0.330 e. The first kappa shape index (κ1) is 14.7. The normalized spacial score (nSPS) is 11.3. The van der Waals surface area contributed by atoms with E-state index >= 15 is 0 Å². The highest BCUT2D eigenvalue weighted by molar-refractivity contribution is 5.96. The van der Waals surface area contributed by atoms with Crippen LogP contribution in [0.5, 0.6) is 0 Å². The predicted molar refractivity (Wildman–Crippen MR) is 68.4 cm³/mol. The Labute approximate surface area is 111 Å². The van der Waals surface area contributed by atoms with E-state index in [-0.39, 0.29) is 12.5 Å². The summed E-state index contributed by atoms with van der Waals surface area (Å²) in [5.41, 5.74) is 0.430. The van der Waals surface area contributed by atoms with Gasteiger partial charge in [-0.25, -0.2) is 4.79 Å². The maximum atomic E-state index is 11.9. The van der Waals surface area contributed by atoms with Crippen LogP contribution in [0.4, 0.5) is 0 Å². The van der Waals surface area contributed by atoms with Gasteiger partial charge in [0, 0.05) is 19.0 Å². The summed E-state index contributed by atoms with van der Waals surface area (Å²) in [6.45, 7) is 1.31. The Morgan fingerprint density at radius 1 is 1.21 bits per heavy atom. The quantitative estimate of drug-likeness (QED) is 0.738. The minimum absolute atomic E-state index is 0.0133. The average molecular weight is 264 g/mol. The van der Waals surface area contributed by atoms with Gasteiger partial charge in [0.15, 0.2) is 0 Å². The fraction of sp³-hybridized carbons (Fsp3) is 0.308. The van der Waals surface area contributed by atoms with Crippen molar-refractivity contribution in [1.82, 2.24) is 10.6 Å². The lowest BCUT2D eigenvalue weighted by Gasteiger charge is -2.16. The Kier molecular flexibility index (Phi) is 5.53. The van der Waals surface area contributed by atoms with Crippen LogP contribution in [0.25, 0.3) is 0 Å². The molecule has 0 aromatic heterocycles. The van der Waals surface area contributed by atoms with Crippen LogP contribution in [0, 0.1) is 0 Å². The van der Waals surface area contributed by atoms with Gasteiger partial charge in [0.1, 0.15) is 6.04 Å². The molecule has 0 spiro atoms. The van der Waals surface area contributed by atoms with Gasteiger partial charge in [-0.2, -0.15) is 0 Å². The molecule has 0 aliphatic rings. The minimum atomic E-state index is -0.915. The lowest BCUT2D eigenvalue weighted by molar-refractivity contribution is -0.142. The van der Waals surface area contributed by atoms with Gasteiger partial charge in [-0.05, 0) is 12.1 Å². The number of hydrogen-bond donors (Lipinski definition) is 2. The zero-order valence-corrected chi connectivity index (χ0v) is 10.8. The van der Waals surface area contributed by atoms with Crippen LogP contribution >= 0.6 is 0 Å². The first-order chi connectivity index (χ1) is 9.04. The van der Waals surface area contributed by atoms with Crippen molar-refractivity contribution in [3.8, 4) is 0 Å². The molecule has 0 saturated heterocycles. The third kappa shape index (κ3) is 4.79. The van der Waals surface area contributed by atoms with Crippen LogP contribution < -0.4 is 10.6 Å². The van der Waals surface area contributed by atoms with E-state index in [4.69, 9.17) is 0 Å². The van der Waals surface area contributed by atoms with Crippen LogP contribution in [-0.2, 0) is 14.3 Å². The predicted octanol–water partition coefficient (Wildman–Crippen LogP) is 0.0941. The van der Waals surface area contributed by atoms with E-state index in [1.807, 2.05) is 0 Å². The second kappa shape index (κ2) is 7.15. The average Bonchev–Trinajstić information content (AvgIpc) is 2.43. The highest BCUT2D eigenvalue weighted by atomic mass is 16.5. The van der Waals surface area contributed by atoms with Crippen molar-refractivity contribution in [3.05, 3.63) is 35.9 Å². The van der Waals surface area contributed by atoms with Crippen molar-refractivity contribution < 1.29 is 19.1 Å². The van der Waals surface area contributed by atoms with Gasteiger partial charge < -0.3 is 15.4 Å². The van der Waals surface area contributed by atoms with E-state index in [2.05, 4.69) is 15.4 Å². The Balaban J connectivity index is 2.69. The number of rotatable bonds is 5. The van der Waals surface area contributed by atoms with Gasteiger partial charge in [0.25, 0.3) is 5.91 Å². The van der Waals surface area contributed by atoms with Crippen molar-refractivity contribution in [3.63, 3.8) is 0 Å². The SMILES string of the molecule is COC(=O)[C@@H](CNC(C)=O)NC(=O)c1ccccc1. The number of methoxy groups -OCH3 is 1. The molecule has 2 amide bonds. The van der Waals surface area contributed by atoms with Crippen LogP contribution in [-0.4, -0.2) is 37.5 Å². The molecule has 6 nitrogen and oxygen atoms in total. The summed E-state index contributed by atoms with van der Waals surface area (Å²) in [7, 11) is 1.22. The third-order valence-electron chi connectivity index (χ3n) is 2.38. The van der Waals surface area contributed by atoms with Gasteiger partial charge in [-0.1, -0.05) is 18.2 Å². The molecule has 0 fully saturated rings. The van der Waals surface area contributed by atoms with Crippen molar-refractivity contribution >= 4 is 17.8 Å². The molecule has 0 heterocycles. The van der Waals surface area contributed by atoms with Gasteiger partial charge in [0.2, 0.25) is 5.91 Å². The van der Waals surface area contributed by atoms with Crippen molar-refractivity contribution in [2.75, 3.05) is 13.7 Å². The minimum Gasteiger partial charge on any atom is -0.467 e. The summed E-state index contributed by atoms with van der Waals surface area (Å²) in [4.78, 5) is 34.2. The first-order valence-electron chi connectivity index (χ1n) is 5.72. The van der Waals surface area contributed by atoms with Gasteiger partial charge >= 0.3 is 5.97 Å². The summed E-state index contributed by atoms with van der Waals surface area (Å²) in [6, 6.07) is 7.56. The molecule has 6 heteroatoms. The summed E-state index contributed by atoms with van der Waals surface area (Å²) in [5, 5.41) is 4.97. The molecule has 0 bridgehead atoms. The summed E-state index contributed by atoms with van der Waals surface area (Å²) < 4.78 is 4.58. The second-order valence-electron chi connectivity index (χ2n) is 3.85. The molecule has 0 aliphatic carbocycles. The van der Waals surface area contributed by atoms with Crippen LogP contribution in [0.3, 0.4) is 0 Å². The van der Waals surface area contributed by atoms with E-state index in [0.29, 0.717) is 5.56 Å². The molecule has 1 atom stereocenters. The van der Waals surface area contributed by atoms with Crippen LogP contribution in [0.1, 0.15) is 17.3 Å². The second-order valence-corrected chi connectivity index (χ2v) is 3.85. The van der Waals surface area contributed by atoms with Gasteiger partial charge in [-0.15, -0.1) is 0 Å². The standard InChI is InChI=1S/C13H16N2O4/c1-9(16)14-8-11(13(18)19-2)15-12(17)10-6-4-3-5-7-10/h3-7,11H,8H2,1-2H3,(H,14,16)(H,15,17)/t11-/m1/s1. The van der Waals surface area contributed by atoms with Gasteiger partial charge in [0.05, 0.1) is 7.11 Å². The monoisotopic (exact) mass is 264 g/mol. The van der Waals surface area contributed by atoms with Crippen LogP contribution in [0.2, 0.25) is 0 Å². The molecular formula is C13H16N2O4. The zero-order chi connectivity index (χ0) is 14.3. The van der Waals surface area contributed by atoms with Crippen molar-refractivity contribution in [2.45, 2.75) is 13.0 Å². The number of carbonyl (C=O) groups is 3. The van der Waals surface area contributed by atoms with E-state index in [1.54, 1.807) is 30.3 Å². The topological polar surface area (TPSA) is 84.5 Å². The molecule has 0 radical (unpaired) electrons. The highest BCUT2D eigenvalue weighted by Gasteiger charge is 2.22. The zero-order valence-electron chi connectivity index (χ0n) is 10.8. The summed E-state index contributed by atoms with van der Waals surface area (Å²) >= 11 is 0. The van der Waals surface area contributed by atoms with Gasteiger partial charge in [-0.3, -0.25) is 9.59 Å². The number of carbonyl (C=O) groups excluding carboxylic acids is 3. The first-order valence-corrected chi connectivity index (χ1v) is 5.72. The number of nitrogens with one attached hydrogen (secondary N) is 2. The molecule has 0 saturated carbocycles. The molecule has 1 aromatic rings. The molecule has 1 aromatic carbocycles. The molecular weight excluding hydrogens is 248 g/mol. The van der Waals surface area contributed by atoms with Crippen molar-refractivity contribution in [1.29, 1.82) is 0 Å². The molecule has 1 rings (SSSR count). The molecule has 102 valence electrons. The van der Waals surface area contributed by atoms with Crippen molar-refractivity contribution in [2.24, 2.45) is 0 Å². The lowest BCUT2D eigenvalue weighted by atomic mass is 10.2. The molecule has 19 heavy (non-hydrogen) atoms. The highest BCUT2D eigenvalue weighted by Crippen LogP contribution is 1.99. The van der Waals surface area contributed by atoms with E-state index in [9.17, 15) is 14.4 Å². The van der Waals surface area contributed by atoms with E-state index < -0.39 is 17.9 Å². The molecule has 0 unspecified atom stereocenters. The number of esters is 1. The van der Waals surface area contributed by atoms with E-state index in [1.165, 1.54) is 14.0 Å².